The minimum Gasteiger partial charge on any atom is -0.321 e. The number of anilines is 1. The fourth-order valence-electron chi connectivity index (χ4n) is 4.12. The highest BCUT2D eigenvalue weighted by Crippen LogP contribution is 2.45. The summed E-state index contributed by atoms with van der Waals surface area (Å²) in [6, 6.07) is 0.107. The molecule has 0 radical (unpaired) electrons. The molecule has 2 fully saturated rings. The summed E-state index contributed by atoms with van der Waals surface area (Å²) < 4.78 is 0. The fourth-order valence-corrected chi connectivity index (χ4v) is 5.71. The van der Waals surface area contributed by atoms with Gasteiger partial charge < -0.3 is 5.32 Å². The maximum atomic E-state index is 13.1. The molecule has 0 bridgehead atoms. The predicted molar refractivity (Wildman–Crippen MR) is 101 cm³/mol. The quantitative estimate of drug-likeness (QED) is 0.605. The Hall–Kier alpha value is -1.32. The maximum absolute atomic E-state index is 13.1. The number of rotatable bonds is 5. The Labute approximate surface area is 158 Å². The van der Waals surface area contributed by atoms with E-state index < -0.39 is 5.41 Å². The number of hydrogen-bond donors (Lipinski definition) is 1. The normalized spacial score (nSPS) is 26.6. The molecule has 5 nitrogen and oxygen atoms in total. The lowest BCUT2D eigenvalue weighted by atomic mass is 9.66. The SMILES string of the molecule is CCN(c1nc(Cl)c(C2CCCCC2)s1)C(=O)[C@]1(C)C[C@@H](NC#N)C1. The van der Waals surface area contributed by atoms with Crippen LogP contribution in [0.2, 0.25) is 5.15 Å². The molecule has 25 heavy (non-hydrogen) atoms. The molecule has 0 aliphatic heterocycles. The van der Waals surface area contributed by atoms with Crippen LogP contribution in [-0.2, 0) is 4.79 Å². The molecule has 0 saturated heterocycles. The molecule has 0 spiro atoms. The molecule has 1 aromatic rings. The topological polar surface area (TPSA) is 69.0 Å². The van der Waals surface area contributed by atoms with Gasteiger partial charge in [-0.3, -0.25) is 9.69 Å². The molecule has 2 saturated carbocycles. The summed E-state index contributed by atoms with van der Waals surface area (Å²) in [5.74, 6) is 0.580. The molecule has 0 aromatic carbocycles. The largest absolute Gasteiger partial charge is 0.321 e. The van der Waals surface area contributed by atoms with Crippen molar-refractivity contribution in [1.29, 1.82) is 5.26 Å². The molecular weight excluding hydrogens is 356 g/mol. The van der Waals surface area contributed by atoms with Crippen molar-refractivity contribution in [3.05, 3.63) is 10.0 Å². The molecule has 1 aromatic heterocycles. The smallest absolute Gasteiger partial charge is 0.234 e. The van der Waals surface area contributed by atoms with Crippen LogP contribution in [0.25, 0.3) is 0 Å². The van der Waals surface area contributed by atoms with Gasteiger partial charge in [0, 0.05) is 17.5 Å². The Morgan fingerprint density at radius 1 is 1.44 bits per heavy atom. The van der Waals surface area contributed by atoms with Gasteiger partial charge in [0.1, 0.15) is 5.15 Å². The number of nitrogens with zero attached hydrogens (tertiary/aromatic N) is 3. The summed E-state index contributed by atoms with van der Waals surface area (Å²) in [4.78, 5) is 20.5. The van der Waals surface area contributed by atoms with E-state index in [1.165, 1.54) is 32.1 Å². The average Bonchev–Trinajstić information content (AvgIpc) is 2.96. The van der Waals surface area contributed by atoms with Crippen molar-refractivity contribution < 1.29 is 4.79 Å². The number of carbonyl (C=O) groups excluding carboxylic acids is 1. The third kappa shape index (κ3) is 3.63. The number of thiazole rings is 1. The van der Waals surface area contributed by atoms with Crippen LogP contribution in [0.4, 0.5) is 5.13 Å². The Kier molecular flexibility index (Phi) is 5.55. The van der Waals surface area contributed by atoms with Crippen LogP contribution >= 0.6 is 22.9 Å². The highest BCUT2D eigenvalue weighted by molar-refractivity contribution is 7.16. The van der Waals surface area contributed by atoms with E-state index in [0.29, 0.717) is 30.5 Å². The molecule has 136 valence electrons. The van der Waals surface area contributed by atoms with E-state index in [1.807, 2.05) is 20.0 Å². The molecule has 2 aliphatic carbocycles. The lowest BCUT2D eigenvalue weighted by molar-refractivity contribution is -0.132. The van der Waals surface area contributed by atoms with E-state index in [1.54, 1.807) is 16.2 Å². The van der Waals surface area contributed by atoms with E-state index in [2.05, 4.69) is 10.3 Å². The number of aromatic nitrogens is 1. The van der Waals surface area contributed by atoms with Crippen LogP contribution in [0, 0.1) is 16.9 Å². The standard InChI is InChI=1S/C18H25ClN4OS/c1-3-23(16(24)18(2)9-13(10-18)21-11-20)17-22-15(19)14(25-17)12-7-5-4-6-8-12/h12-13,21H,3-10H2,1-2H3/t13-,18-. The van der Waals surface area contributed by atoms with Gasteiger partial charge >= 0.3 is 0 Å². The molecular formula is C18H25ClN4OS. The molecule has 3 rings (SSSR count). The minimum absolute atomic E-state index is 0.0894. The molecule has 0 unspecified atom stereocenters. The van der Waals surface area contributed by atoms with Crippen molar-refractivity contribution in [3.8, 4) is 6.19 Å². The first-order valence-corrected chi connectivity index (χ1v) is 10.3. The van der Waals surface area contributed by atoms with E-state index in [0.717, 1.165) is 10.0 Å². The third-order valence-electron chi connectivity index (χ3n) is 5.55. The van der Waals surface area contributed by atoms with E-state index in [4.69, 9.17) is 16.9 Å². The maximum Gasteiger partial charge on any atom is 0.234 e. The second kappa shape index (κ2) is 7.51. The molecule has 0 atom stereocenters. The number of amides is 1. The Morgan fingerprint density at radius 2 is 2.12 bits per heavy atom. The van der Waals surface area contributed by atoms with E-state index in [9.17, 15) is 4.79 Å². The second-order valence-corrected chi connectivity index (χ2v) is 8.82. The van der Waals surface area contributed by atoms with Gasteiger partial charge in [-0.15, -0.1) is 0 Å². The van der Waals surface area contributed by atoms with Crippen molar-refractivity contribution in [1.82, 2.24) is 10.3 Å². The van der Waals surface area contributed by atoms with Gasteiger partial charge in [-0.05, 0) is 38.5 Å². The van der Waals surface area contributed by atoms with Crippen LogP contribution in [0.15, 0.2) is 0 Å². The Morgan fingerprint density at radius 3 is 2.72 bits per heavy atom. The average molecular weight is 381 g/mol. The van der Waals surface area contributed by atoms with Gasteiger partial charge in [0.05, 0.1) is 5.41 Å². The van der Waals surface area contributed by atoms with Gasteiger partial charge in [-0.1, -0.05) is 49.1 Å². The summed E-state index contributed by atoms with van der Waals surface area (Å²) in [5.41, 5.74) is -0.423. The van der Waals surface area contributed by atoms with E-state index in [-0.39, 0.29) is 11.9 Å². The fraction of sp³-hybridized carbons (Fsp3) is 0.722. The van der Waals surface area contributed by atoms with E-state index >= 15 is 0 Å². The zero-order valence-electron chi connectivity index (χ0n) is 14.8. The minimum atomic E-state index is -0.423. The summed E-state index contributed by atoms with van der Waals surface area (Å²) >= 11 is 8.01. The monoisotopic (exact) mass is 380 g/mol. The van der Waals surface area contributed by atoms with Crippen molar-refractivity contribution in [3.63, 3.8) is 0 Å². The molecule has 2 aliphatic rings. The highest BCUT2D eigenvalue weighted by atomic mass is 35.5. The molecule has 7 heteroatoms. The van der Waals surface area contributed by atoms with Gasteiger partial charge in [0.25, 0.3) is 0 Å². The van der Waals surface area contributed by atoms with Crippen LogP contribution in [0.1, 0.15) is 69.6 Å². The first kappa shape index (κ1) is 18.5. The third-order valence-corrected chi connectivity index (χ3v) is 7.19. The van der Waals surface area contributed by atoms with Crippen LogP contribution in [0.5, 0.6) is 0 Å². The first-order chi connectivity index (χ1) is 12.0. The highest BCUT2D eigenvalue weighted by Gasteiger charge is 2.48. The van der Waals surface area contributed by atoms with Gasteiger partial charge in [0.2, 0.25) is 5.91 Å². The summed E-state index contributed by atoms with van der Waals surface area (Å²) in [7, 11) is 0. The zero-order valence-corrected chi connectivity index (χ0v) is 16.4. The van der Waals surface area contributed by atoms with Crippen LogP contribution in [0.3, 0.4) is 0 Å². The first-order valence-electron chi connectivity index (χ1n) is 9.11. The summed E-state index contributed by atoms with van der Waals surface area (Å²) in [6.07, 6.45) is 9.46. The number of hydrogen-bond acceptors (Lipinski definition) is 5. The molecule has 1 N–H and O–H groups in total. The van der Waals surface area contributed by atoms with Crippen LogP contribution in [-0.4, -0.2) is 23.5 Å². The number of nitriles is 1. The summed E-state index contributed by atoms with van der Waals surface area (Å²) in [5, 5.41) is 12.8. The number of carbonyl (C=O) groups is 1. The molecule has 1 heterocycles. The number of halogens is 1. The van der Waals surface area contributed by atoms with Crippen molar-refractivity contribution >= 4 is 34.0 Å². The van der Waals surface area contributed by atoms with Crippen molar-refractivity contribution in [2.45, 2.75) is 70.8 Å². The van der Waals surface area contributed by atoms with Gasteiger partial charge in [-0.25, -0.2) is 4.98 Å². The summed E-state index contributed by atoms with van der Waals surface area (Å²) in [6.45, 7) is 4.53. The van der Waals surface area contributed by atoms with Crippen molar-refractivity contribution in [2.24, 2.45) is 5.41 Å². The Balaban J connectivity index is 1.75. The lowest BCUT2D eigenvalue weighted by Crippen LogP contribution is -2.55. The lowest BCUT2D eigenvalue weighted by Gasteiger charge is -2.44. The molecule has 1 amide bonds. The Bertz CT molecular complexity index is 671. The van der Waals surface area contributed by atoms with Gasteiger partial charge in [-0.2, -0.15) is 5.26 Å². The predicted octanol–water partition coefficient (Wildman–Crippen LogP) is 4.44. The zero-order chi connectivity index (χ0) is 18.0. The van der Waals surface area contributed by atoms with Gasteiger partial charge in [0.15, 0.2) is 11.3 Å². The van der Waals surface area contributed by atoms with Crippen molar-refractivity contribution in [2.75, 3.05) is 11.4 Å². The number of nitrogens with one attached hydrogen (secondary N) is 1. The second-order valence-electron chi connectivity index (χ2n) is 7.46. The van der Waals surface area contributed by atoms with Crippen LogP contribution < -0.4 is 10.2 Å².